The smallest absolute Gasteiger partial charge is 0.203 e. The molecule has 0 unspecified atom stereocenters. The molecule has 1 fully saturated rings. The summed E-state index contributed by atoms with van der Waals surface area (Å²) in [5.41, 5.74) is 0.889. The zero-order chi connectivity index (χ0) is 17.7. The van der Waals surface area contributed by atoms with Crippen LogP contribution in [0.5, 0.6) is 17.2 Å². The third-order valence-electron chi connectivity index (χ3n) is 4.71. The molecule has 132 valence electrons. The molecule has 1 aliphatic carbocycles. The first kappa shape index (κ1) is 18.3. The molecule has 5 nitrogen and oxygen atoms in total. The van der Waals surface area contributed by atoms with Gasteiger partial charge in [-0.1, -0.05) is 6.42 Å². The van der Waals surface area contributed by atoms with E-state index in [1.165, 1.54) is 0 Å². The van der Waals surface area contributed by atoms with Gasteiger partial charge in [-0.3, -0.25) is 4.79 Å². The van der Waals surface area contributed by atoms with E-state index in [4.69, 9.17) is 14.2 Å². The van der Waals surface area contributed by atoms with Crippen LogP contribution in [0.2, 0.25) is 0 Å². The summed E-state index contributed by atoms with van der Waals surface area (Å²) in [7, 11) is 4.68. The Labute approximate surface area is 143 Å². The van der Waals surface area contributed by atoms with Crippen LogP contribution in [0.1, 0.15) is 50.5 Å². The molecule has 2 rings (SSSR count). The average Bonchev–Trinajstić information content (AvgIpc) is 2.58. The standard InChI is InChI=1S/C19H26O5/c1-12(20)9-15(14-7-5-6-8-16(14)21)13-10-17(22-2)19(24-4)18(11-13)23-3/h10-11,14-15H,5-9H2,1-4H3/t14-,15-/m1/s1. The molecule has 5 heteroatoms. The second-order valence-electron chi connectivity index (χ2n) is 6.29. The minimum Gasteiger partial charge on any atom is -0.493 e. The van der Waals surface area contributed by atoms with E-state index in [-0.39, 0.29) is 23.4 Å². The van der Waals surface area contributed by atoms with Crippen molar-refractivity contribution in [2.45, 2.75) is 44.9 Å². The molecular weight excluding hydrogens is 308 g/mol. The molecule has 2 atom stereocenters. The summed E-state index contributed by atoms with van der Waals surface area (Å²) in [6, 6.07) is 3.72. The maximum atomic E-state index is 12.4. The van der Waals surface area contributed by atoms with Crippen LogP contribution in [-0.2, 0) is 9.59 Å². The van der Waals surface area contributed by atoms with Gasteiger partial charge in [-0.05, 0) is 37.5 Å². The molecule has 1 aromatic carbocycles. The molecule has 1 aliphatic rings. The van der Waals surface area contributed by atoms with Gasteiger partial charge >= 0.3 is 0 Å². The molecule has 0 radical (unpaired) electrons. The van der Waals surface area contributed by atoms with Gasteiger partial charge in [0.1, 0.15) is 11.6 Å². The molecule has 0 aliphatic heterocycles. The number of carbonyl (C=O) groups excluding carboxylic acids is 2. The number of carbonyl (C=O) groups is 2. The average molecular weight is 334 g/mol. The zero-order valence-electron chi connectivity index (χ0n) is 14.9. The Kier molecular flexibility index (Phi) is 6.23. The van der Waals surface area contributed by atoms with E-state index in [2.05, 4.69) is 0 Å². The van der Waals surface area contributed by atoms with Crippen molar-refractivity contribution in [3.8, 4) is 17.2 Å². The minimum absolute atomic E-state index is 0.0760. The number of hydrogen-bond acceptors (Lipinski definition) is 5. The number of benzene rings is 1. The fraction of sp³-hybridized carbons (Fsp3) is 0.579. The first-order valence-electron chi connectivity index (χ1n) is 8.33. The number of Topliss-reactive ketones (excluding diaryl/α,β-unsaturated/α-hetero) is 2. The highest BCUT2D eigenvalue weighted by atomic mass is 16.5. The number of rotatable bonds is 7. The van der Waals surface area contributed by atoms with Crippen LogP contribution < -0.4 is 14.2 Å². The lowest BCUT2D eigenvalue weighted by Crippen LogP contribution is -2.27. The lowest BCUT2D eigenvalue weighted by atomic mass is 9.74. The molecule has 1 aromatic rings. The third-order valence-corrected chi connectivity index (χ3v) is 4.71. The molecule has 0 spiro atoms. The second kappa shape index (κ2) is 8.18. The van der Waals surface area contributed by atoms with Crippen LogP contribution in [-0.4, -0.2) is 32.9 Å². The summed E-state index contributed by atoms with van der Waals surface area (Å²) < 4.78 is 16.2. The monoisotopic (exact) mass is 334 g/mol. The van der Waals surface area contributed by atoms with Crippen LogP contribution in [0.3, 0.4) is 0 Å². The highest BCUT2D eigenvalue weighted by Gasteiger charge is 2.33. The molecule has 0 bridgehead atoms. The summed E-state index contributed by atoms with van der Waals surface area (Å²) in [4.78, 5) is 24.2. The highest BCUT2D eigenvalue weighted by molar-refractivity contribution is 5.84. The Bertz CT molecular complexity index is 583. The Morgan fingerprint density at radius 2 is 1.75 bits per heavy atom. The molecule has 0 saturated heterocycles. The van der Waals surface area contributed by atoms with E-state index >= 15 is 0 Å². The molecule has 0 amide bonds. The van der Waals surface area contributed by atoms with Gasteiger partial charge in [-0.25, -0.2) is 0 Å². The Morgan fingerprint density at radius 1 is 1.12 bits per heavy atom. The maximum absolute atomic E-state index is 12.4. The van der Waals surface area contributed by atoms with Crippen molar-refractivity contribution >= 4 is 11.6 Å². The lowest BCUT2D eigenvalue weighted by Gasteiger charge is -2.29. The minimum atomic E-state index is -0.149. The van der Waals surface area contributed by atoms with Crippen molar-refractivity contribution < 1.29 is 23.8 Å². The largest absolute Gasteiger partial charge is 0.493 e. The third kappa shape index (κ3) is 3.89. The van der Waals surface area contributed by atoms with Gasteiger partial charge in [0.15, 0.2) is 11.5 Å². The van der Waals surface area contributed by atoms with Crippen LogP contribution in [0.15, 0.2) is 12.1 Å². The molecule has 0 N–H and O–H groups in total. The fourth-order valence-electron chi connectivity index (χ4n) is 3.55. The van der Waals surface area contributed by atoms with Crippen LogP contribution in [0.25, 0.3) is 0 Å². The van der Waals surface area contributed by atoms with Crippen molar-refractivity contribution in [2.75, 3.05) is 21.3 Å². The van der Waals surface area contributed by atoms with E-state index < -0.39 is 0 Å². The molecule has 0 aromatic heterocycles. The first-order chi connectivity index (χ1) is 11.5. The Hall–Kier alpha value is -2.04. The van der Waals surface area contributed by atoms with Crippen LogP contribution >= 0.6 is 0 Å². The Balaban J connectivity index is 2.48. The van der Waals surface area contributed by atoms with Crippen molar-refractivity contribution in [2.24, 2.45) is 5.92 Å². The molecular formula is C19H26O5. The van der Waals surface area contributed by atoms with E-state index in [0.29, 0.717) is 30.1 Å². The predicted molar refractivity (Wildman–Crippen MR) is 91.1 cm³/mol. The van der Waals surface area contributed by atoms with Gasteiger partial charge in [0, 0.05) is 24.7 Å². The maximum Gasteiger partial charge on any atom is 0.203 e. The summed E-state index contributed by atoms with van der Waals surface area (Å²) >= 11 is 0. The second-order valence-corrected chi connectivity index (χ2v) is 6.29. The van der Waals surface area contributed by atoms with Crippen molar-refractivity contribution in [3.63, 3.8) is 0 Å². The van der Waals surface area contributed by atoms with Gasteiger partial charge in [-0.2, -0.15) is 0 Å². The van der Waals surface area contributed by atoms with E-state index in [9.17, 15) is 9.59 Å². The fourth-order valence-corrected chi connectivity index (χ4v) is 3.55. The number of ether oxygens (including phenoxy) is 3. The van der Waals surface area contributed by atoms with Crippen molar-refractivity contribution in [3.05, 3.63) is 17.7 Å². The van der Waals surface area contributed by atoms with Gasteiger partial charge in [0.25, 0.3) is 0 Å². The summed E-state index contributed by atoms with van der Waals surface area (Å²) in [5, 5.41) is 0. The van der Waals surface area contributed by atoms with Gasteiger partial charge in [0.05, 0.1) is 21.3 Å². The van der Waals surface area contributed by atoms with Gasteiger partial charge in [0.2, 0.25) is 5.75 Å². The quantitative estimate of drug-likeness (QED) is 0.763. The first-order valence-corrected chi connectivity index (χ1v) is 8.33. The van der Waals surface area contributed by atoms with Crippen molar-refractivity contribution in [1.82, 2.24) is 0 Å². The van der Waals surface area contributed by atoms with E-state index in [1.54, 1.807) is 28.3 Å². The predicted octanol–water partition coefficient (Wildman–Crippen LogP) is 3.53. The van der Waals surface area contributed by atoms with Gasteiger partial charge in [-0.15, -0.1) is 0 Å². The number of methoxy groups -OCH3 is 3. The molecule has 0 heterocycles. The molecule has 24 heavy (non-hydrogen) atoms. The zero-order valence-corrected chi connectivity index (χ0v) is 14.9. The van der Waals surface area contributed by atoms with Crippen LogP contribution in [0.4, 0.5) is 0 Å². The lowest BCUT2D eigenvalue weighted by molar-refractivity contribution is -0.126. The molecule has 1 saturated carbocycles. The summed E-state index contributed by atoms with van der Waals surface area (Å²) in [5.74, 6) is 1.66. The summed E-state index contributed by atoms with van der Waals surface area (Å²) in [6.07, 6.45) is 3.73. The van der Waals surface area contributed by atoms with Gasteiger partial charge < -0.3 is 19.0 Å². The SMILES string of the molecule is COc1cc([C@@H](CC(C)=O)[C@H]2CCCCC2=O)cc(OC)c1OC. The Morgan fingerprint density at radius 3 is 2.21 bits per heavy atom. The topological polar surface area (TPSA) is 61.8 Å². The van der Waals surface area contributed by atoms with E-state index in [1.807, 2.05) is 12.1 Å². The van der Waals surface area contributed by atoms with Crippen molar-refractivity contribution in [1.29, 1.82) is 0 Å². The number of hydrogen-bond donors (Lipinski definition) is 0. The normalized spacial score (nSPS) is 18.8. The number of ketones is 2. The highest BCUT2D eigenvalue weighted by Crippen LogP contribution is 2.44. The van der Waals surface area contributed by atoms with E-state index in [0.717, 1.165) is 24.8 Å². The summed E-state index contributed by atoms with van der Waals surface area (Å²) in [6.45, 7) is 1.57. The van der Waals surface area contributed by atoms with Crippen LogP contribution in [0, 0.1) is 5.92 Å².